The lowest BCUT2D eigenvalue weighted by Crippen LogP contribution is -2.19. The second kappa shape index (κ2) is 6.11. The van der Waals surface area contributed by atoms with Gasteiger partial charge in [-0.25, -0.2) is 5.84 Å². The summed E-state index contributed by atoms with van der Waals surface area (Å²) in [5.74, 6) is 6.66. The molecule has 0 amide bonds. The molecule has 0 saturated heterocycles. The third-order valence-electron chi connectivity index (χ3n) is 2.74. The van der Waals surface area contributed by atoms with Crippen LogP contribution in [-0.4, -0.2) is 34.0 Å². The SMILES string of the molecule is Cc1ccncc1CNc1nc(NN)nc(N(C)C)n1. The number of nitrogen functional groups attached to an aromatic ring is 1. The molecule has 20 heavy (non-hydrogen) atoms. The molecule has 2 heterocycles. The molecule has 0 aliphatic rings. The number of hydrazine groups is 1. The Bertz CT molecular complexity index is 583. The van der Waals surface area contributed by atoms with Crippen molar-refractivity contribution in [2.45, 2.75) is 13.5 Å². The van der Waals surface area contributed by atoms with Crippen molar-refractivity contribution in [2.24, 2.45) is 5.84 Å². The molecule has 4 N–H and O–H groups in total. The quantitative estimate of drug-likeness (QED) is 0.536. The fourth-order valence-corrected chi connectivity index (χ4v) is 1.56. The van der Waals surface area contributed by atoms with E-state index in [1.54, 1.807) is 11.1 Å². The van der Waals surface area contributed by atoms with Crippen molar-refractivity contribution in [3.8, 4) is 0 Å². The van der Waals surface area contributed by atoms with Crippen LogP contribution in [0.25, 0.3) is 0 Å². The van der Waals surface area contributed by atoms with E-state index in [1.165, 1.54) is 0 Å². The zero-order chi connectivity index (χ0) is 14.5. The van der Waals surface area contributed by atoms with Gasteiger partial charge in [0.1, 0.15) is 0 Å². The summed E-state index contributed by atoms with van der Waals surface area (Å²) >= 11 is 0. The maximum absolute atomic E-state index is 5.36. The van der Waals surface area contributed by atoms with Gasteiger partial charge < -0.3 is 10.2 Å². The highest BCUT2D eigenvalue weighted by Crippen LogP contribution is 2.12. The number of aromatic nitrogens is 4. The highest BCUT2D eigenvalue weighted by Gasteiger charge is 2.07. The van der Waals surface area contributed by atoms with Crippen LogP contribution in [0.1, 0.15) is 11.1 Å². The lowest BCUT2D eigenvalue weighted by molar-refractivity contribution is 0.936. The maximum Gasteiger partial charge on any atom is 0.243 e. The van der Waals surface area contributed by atoms with Gasteiger partial charge in [-0.2, -0.15) is 15.0 Å². The Morgan fingerprint density at radius 2 is 1.95 bits per heavy atom. The average Bonchev–Trinajstić information content (AvgIpc) is 2.46. The van der Waals surface area contributed by atoms with Crippen molar-refractivity contribution in [1.29, 1.82) is 0 Å². The van der Waals surface area contributed by atoms with E-state index >= 15 is 0 Å². The first-order chi connectivity index (χ1) is 9.60. The molecular formula is C12H18N8. The number of nitrogens with two attached hydrogens (primary N) is 1. The van der Waals surface area contributed by atoms with E-state index in [0.717, 1.165) is 11.1 Å². The Balaban J connectivity index is 2.17. The van der Waals surface area contributed by atoms with Gasteiger partial charge in [0.05, 0.1) is 0 Å². The molecule has 8 nitrogen and oxygen atoms in total. The number of anilines is 3. The van der Waals surface area contributed by atoms with E-state index in [9.17, 15) is 0 Å². The molecule has 0 radical (unpaired) electrons. The van der Waals surface area contributed by atoms with Gasteiger partial charge in [0.2, 0.25) is 17.8 Å². The monoisotopic (exact) mass is 274 g/mol. The Kier molecular flexibility index (Phi) is 4.26. The van der Waals surface area contributed by atoms with Gasteiger partial charge in [0.25, 0.3) is 0 Å². The van der Waals surface area contributed by atoms with E-state index in [0.29, 0.717) is 24.4 Å². The zero-order valence-electron chi connectivity index (χ0n) is 11.8. The number of hydrogen-bond donors (Lipinski definition) is 3. The van der Waals surface area contributed by atoms with Gasteiger partial charge in [-0.1, -0.05) is 0 Å². The van der Waals surface area contributed by atoms with Gasteiger partial charge in [-0.15, -0.1) is 0 Å². The Morgan fingerprint density at radius 1 is 1.20 bits per heavy atom. The third-order valence-corrected chi connectivity index (χ3v) is 2.74. The molecule has 0 aliphatic carbocycles. The number of rotatable bonds is 5. The number of aryl methyl sites for hydroxylation is 1. The summed E-state index contributed by atoms with van der Waals surface area (Å²) < 4.78 is 0. The van der Waals surface area contributed by atoms with Crippen molar-refractivity contribution in [1.82, 2.24) is 19.9 Å². The van der Waals surface area contributed by atoms with Crippen molar-refractivity contribution in [3.63, 3.8) is 0 Å². The summed E-state index contributed by atoms with van der Waals surface area (Å²) in [5.41, 5.74) is 4.67. The smallest absolute Gasteiger partial charge is 0.243 e. The average molecular weight is 274 g/mol. The van der Waals surface area contributed by atoms with Crippen LogP contribution in [0.2, 0.25) is 0 Å². The number of pyridine rings is 1. The van der Waals surface area contributed by atoms with Crippen LogP contribution >= 0.6 is 0 Å². The maximum atomic E-state index is 5.36. The summed E-state index contributed by atoms with van der Waals surface area (Å²) in [4.78, 5) is 18.5. The van der Waals surface area contributed by atoms with Crippen LogP contribution in [-0.2, 0) is 6.54 Å². The fraction of sp³-hybridized carbons (Fsp3) is 0.333. The number of hydrogen-bond acceptors (Lipinski definition) is 8. The van der Waals surface area contributed by atoms with Crippen molar-refractivity contribution >= 4 is 17.8 Å². The topological polar surface area (TPSA) is 105 Å². The lowest BCUT2D eigenvalue weighted by atomic mass is 10.2. The molecule has 2 aromatic rings. The van der Waals surface area contributed by atoms with E-state index < -0.39 is 0 Å². The molecule has 2 rings (SSSR count). The van der Waals surface area contributed by atoms with E-state index in [-0.39, 0.29) is 0 Å². The predicted molar refractivity (Wildman–Crippen MR) is 78.3 cm³/mol. The summed E-state index contributed by atoms with van der Waals surface area (Å²) in [6.45, 7) is 2.62. The molecule has 0 bridgehead atoms. The Labute approximate surface area is 117 Å². The standard InChI is InChI=1S/C12H18N8/c1-8-4-5-14-6-9(8)7-15-10-16-11(19-13)18-12(17-10)20(2)3/h4-6H,7,13H2,1-3H3,(H2,15,16,17,18,19). The molecule has 0 atom stereocenters. The lowest BCUT2D eigenvalue weighted by Gasteiger charge is -2.13. The first kappa shape index (κ1) is 13.9. The fourth-order valence-electron chi connectivity index (χ4n) is 1.56. The molecule has 0 fully saturated rings. The highest BCUT2D eigenvalue weighted by molar-refractivity contribution is 5.42. The molecular weight excluding hydrogens is 256 g/mol. The highest BCUT2D eigenvalue weighted by atomic mass is 15.4. The summed E-state index contributed by atoms with van der Waals surface area (Å²) in [6, 6.07) is 1.96. The third kappa shape index (κ3) is 3.29. The largest absolute Gasteiger partial charge is 0.350 e. The molecule has 0 unspecified atom stereocenters. The van der Waals surface area contributed by atoms with Crippen LogP contribution in [0.3, 0.4) is 0 Å². The van der Waals surface area contributed by atoms with Crippen molar-refractivity contribution in [2.75, 3.05) is 29.7 Å². The van der Waals surface area contributed by atoms with Gasteiger partial charge in [-0.3, -0.25) is 10.4 Å². The minimum Gasteiger partial charge on any atom is -0.350 e. The first-order valence-electron chi connectivity index (χ1n) is 6.13. The molecule has 0 saturated carbocycles. The molecule has 0 aromatic carbocycles. The van der Waals surface area contributed by atoms with Gasteiger partial charge in [0.15, 0.2) is 0 Å². The van der Waals surface area contributed by atoms with Gasteiger partial charge in [0, 0.05) is 33.0 Å². The van der Waals surface area contributed by atoms with Crippen LogP contribution in [0.4, 0.5) is 17.8 Å². The van der Waals surface area contributed by atoms with Crippen LogP contribution in [0.15, 0.2) is 18.5 Å². The van der Waals surface area contributed by atoms with Crippen molar-refractivity contribution in [3.05, 3.63) is 29.6 Å². The first-order valence-corrected chi connectivity index (χ1v) is 6.13. The molecule has 0 aliphatic heterocycles. The predicted octanol–water partition coefficient (Wildman–Crippen LogP) is 0.539. The van der Waals surface area contributed by atoms with Crippen LogP contribution in [0, 0.1) is 6.92 Å². The normalized spacial score (nSPS) is 10.2. The van der Waals surface area contributed by atoms with Crippen LogP contribution < -0.4 is 21.5 Å². The Morgan fingerprint density at radius 3 is 2.60 bits per heavy atom. The van der Waals surface area contributed by atoms with E-state index in [1.807, 2.05) is 33.3 Å². The second-order valence-electron chi connectivity index (χ2n) is 4.48. The van der Waals surface area contributed by atoms with Crippen molar-refractivity contribution < 1.29 is 0 Å². The van der Waals surface area contributed by atoms with Crippen LogP contribution in [0.5, 0.6) is 0 Å². The summed E-state index contributed by atoms with van der Waals surface area (Å²) in [7, 11) is 3.70. The second-order valence-corrected chi connectivity index (χ2v) is 4.48. The van der Waals surface area contributed by atoms with E-state index in [4.69, 9.17) is 5.84 Å². The number of nitrogens with one attached hydrogen (secondary N) is 2. The summed E-state index contributed by atoms with van der Waals surface area (Å²) in [5, 5.41) is 3.15. The minimum absolute atomic E-state index is 0.314. The summed E-state index contributed by atoms with van der Waals surface area (Å²) in [6.07, 6.45) is 3.58. The number of nitrogens with zero attached hydrogens (tertiary/aromatic N) is 5. The molecule has 106 valence electrons. The molecule has 8 heteroatoms. The zero-order valence-corrected chi connectivity index (χ0v) is 11.8. The Hall–Kier alpha value is -2.48. The molecule has 0 spiro atoms. The molecule has 2 aromatic heterocycles. The van der Waals surface area contributed by atoms with E-state index in [2.05, 4.69) is 30.7 Å². The van der Waals surface area contributed by atoms with Gasteiger partial charge >= 0.3 is 0 Å². The minimum atomic E-state index is 0.314. The van der Waals surface area contributed by atoms with Gasteiger partial charge in [-0.05, 0) is 24.1 Å².